The number of carbonyl (C=O) groups excluding carboxylic acids is 2. The van der Waals surface area contributed by atoms with E-state index < -0.39 is 28.9 Å². The third kappa shape index (κ3) is 5.55. The minimum atomic E-state index is -0.784. The highest BCUT2D eigenvalue weighted by molar-refractivity contribution is 5.70. The van der Waals surface area contributed by atoms with Crippen molar-refractivity contribution in [2.75, 3.05) is 0 Å². The number of furan rings is 1. The van der Waals surface area contributed by atoms with Crippen LogP contribution in [0.5, 0.6) is 0 Å². The lowest BCUT2D eigenvalue weighted by atomic mass is 10.0. The fourth-order valence-electron chi connectivity index (χ4n) is 3.06. The summed E-state index contributed by atoms with van der Waals surface area (Å²) < 4.78 is 16.7. The molecule has 3 rings (SSSR count). The number of ether oxygens (including phenoxy) is 2. The van der Waals surface area contributed by atoms with Crippen molar-refractivity contribution in [3.8, 4) is 0 Å². The Morgan fingerprint density at radius 2 is 1.67 bits per heavy atom. The zero-order valence-corrected chi connectivity index (χ0v) is 18.2. The number of alkyl carbamates (subject to hydrolysis) is 2. The van der Waals surface area contributed by atoms with E-state index in [9.17, 15) is 9.59 Å². The average molecular weight is 415 g/mol. The number of hydrogen-bond acceptors (Lipinski definition) is 5. The molecule has 0 unspecified atom stereocenters. The summed E-state index contributed by atoms with van der Waals surface area (Å²) in [6, 6.07) is 13.1. The highest BCUT2D eigenvalue weighted by Crippen LogP contribution is 2.47. The molecule has 1 heterocycles. The van der Waals surface area contributed by atoms with Gasteiger partial charge in [0.2, 0.25) is 0 Å². The molecule has 0 radical (unpaired) electrons. The minimum absolute atomic E-state index is 0.190. The van der Waals surface area contributed by atoms with Crippen LogP contribution in [0.2, 0.25) is 0 Å². The van der Waals surface area contributed by atoms with E-state index >= 15 is 0 Å². The normalized spacial score (nSPS) is 15.2. The second-order valence-corrected chi connectivity index (χ2v) is 9.18. The second-order valence-electron chi connectivity index (χ2n) is 9.18. The van der Waals surface area contributed by atoms with Crippen molar-refractivity contribution in [2.45, 2.75) is 70.7 Å². The van der Waals surface area contributed by atoms with Crippen LogP contribution < -0.4 is 10.6 Å². The second kappa shape index (κ2) is 8.05. The standard InChI is InChI=1S/C23H30N2O5/c1-21(2,3)30-20(27)25-23(13-14-23)18-12-11-17(29-18)22(4,5)24-19(26)28-15-16-9-7-6-8-10-16/h6-12H,13-15H2,1-5H3,(H,24,26)(H,25,27). The van der Waals surface area contributed by atoms with Crippen LogP contribution in [-0.4, -0.2) is 17.8 Å². The zero-order valence-electron chi connectivity index (χ0n) is 18.2. The SMILES string of the molecule is CC(C)(C)OC(=O)NC1(c2ccc(C(C)(C)NC(=O)OCc3ccccc3)o2)CC1. The molecule has 2 N–H and O–H groups in total. The Morgan fingerprint density at radius 1 is 1.00 bits per heavy atom. The maximum atomic E-state index is 12.3. The molecule has 0 bridgehead atoms. The Balaban J connectivity index is 1.60. The summed E-state index contributed by atoms with van der Waals surface area (Å²) in [7, 11) is 0. The molecule has 1 fully saturated rings. The molecule has 0 aliphatic heterocycles. The minimum Gasteiger partial charge on any atom is -0.461 e. The molecule has 1 saturated carbocycles. The molecule has 0 atom stereocenters. The van der Waals surface area contributed by atoms with Crippen molar-refractivity contribution in [3.63, 3.8) is 0 Å². The Morgan fingerprint density at radius 3 is 2.27 bits per heavy atom. The first-order valence-corrected chi connectivity index (χ1v) is 10.1. The maximum Gasteiger partial charge on any atom is 0.408 e. The van der Waals surface area contributed by atoms with Gasteiger partial charge in [0.15, 0.2) is 0 Å². The number of amides is 2. The van der Waals surface area contributed by atoms with Gasteiger partial charge in [-0.3, -0.25) is 0 Å². The van der Waals surface area contributed by atoms with Gasteiger partial charge in [0, 0.05) is 0 Å². The van der Waals surface area contributed by atoms with Crippen LogP contribution in [-0.2, 0) is 27.2 Å². The van der Waals surface area contributed by atoms with Crippen LogP contribution >= 0.6 is 0 Å². The lowest BCUT2D eigenvalue weighted by Crippen LogP contribution is -2.41. The maximum absolute atomic E-state index is 12.3. The van der Waals surface area contributed by atoms with Gasteiger partial charge < -0.3 is 24.5 Å². The van der Waals surface area contributed by atoms with Crippen LogP contribution in [0, 0.1) is 0 Å². The number of hydrogen-bond donors (Lipinski definition) is 2. The first-order chi connectivity index (χ1) is 14.0. The monoisotopic (exact) mass is 414 g/mol. The van der Waals surface area contributed by atoms with Crippen LogP contribution in [0.25, 0.3) is 0 Å². The van der Waals surface area contributed by atoms with E-state index in [4.69, 9.17) is 13.9 Å². The Kier molecular flexibility index (Phi) is 5.83. The van der Waals surface area contributed by atoms with Crippen LogP contribution in [0.3, 0.4) is 0 Å². The van der Waals surface area contributed by atoms with Gasteiger partial charge in [-0.25, -0.2) is 9.59 Å². The molecule has 0 spiro atoms. The van der Waals surface area contributed by atoms with E-state index in [1.807, 2.05) is 77.1 Å². The van der Waals surface area contributed by atoms with Gasteiger partial charge in [-0.1, -0.05) is 30.3 Å². The van der Waals surface area contributed by atoms with Gasteiger partial charge in [0.25, 0.3) is 0 Å². The first-order valence-electron chi connectivity index (χ1n) is 10.1. The topological polar surface area (TPSA) is 89.8 Å². The summed E-state index contributed by atoms with van der Waals surface area (Å²) in [5.74, 6) is 1.22. The molecule has 162 valence electrons. The molecular weight excluding hydrogens is 384 g/mol. The Hall–Kier alpha value is -2.96. The molecule has 1 aliphatic rings. The summed E-state index contributed by atoms with van der Waals surface area (Å²) >= 11 is 0. The van der Waals surface area contributed by atoms with Crippen molar-refractivity contribution < 1.29 is 23.5 Å². The largest absolute Gasteiger partial charge is 0.461 e. The Labute approximate surface area is 177 Å². The van der Waals surface area contributed by atoms with Crippen LogP contribution in [0.15, 0.2) is 46.9 Å². The molecule has 30 heavy (non-hydrogen) atoms. The summed E-state index contributed by atoms with van der Waals surface area (Å²) in [5, 5.41) is 5.75. The average Bonchev–Trinajstić information content (AvgIpc) is 3.22. The summed E-state index contributed by atoms with van der Waals surface area (Å²) in [6.45, 7) is 9.32. The molecule has 7 heteroatoms. The lowest BCUT2D eigenvalue weighted by molar-refractivity contribution is 0.0487. The summed E-state index contributed by atoms with van der Waals surface area (Å²) in [5.41, 5.74) is -0.992. The molecule has 1 aliphatic carbocycles. The van der Waals surface area contributed by atoms with E-state index in [1.54, 1.807) is 0 Å². The van der Waals surface area contributed by atoms with Crippen molar-refractivity contribution in [1.29, 1.82) is 0 Å². The predicted molar refractivity (Wildman–Crippen MR) is 112 cm³/mol. The van der Waals surface area contributed by atoms with Gasteiger partial charge in [0.1, 0.15) is 29.3 Å². The van der Waals surface area contributed by atoms with E-state index in [0.717, 1.165) is 18.4 Å². The van der Waals surface area contributed by atoms with E-state index in [1.165, 1.54) is 0 Å². The molecule has 0 saturated heterocycles. The molecule has 1 aromatic heterocycles. The zero-order chi connectivity index (χ0) is 22.0. The van der Waals surface area contributed by atoms with Crippen molar-refractivity contribution in [2.24, 2.45) is 0 Å². The van der Waals surface area contributed by atoms with Gasteiger partial charge in [0.05, 0.1) is 5.54 Å². The molecule has 7 nitrogen and oxygen atoms in total. The number of benzene rings is 1. The molecular formula is C23H30N2O5. The Bertz CT molecular complexity index is 892. The predicted octanol–water partition coefficient (Wildman–Crippen LogP) is 4.95. The van der Waals surface area contributed by atoms with Gasteiger partial charge in [-0.05, 0) is 65.2 Å². The molecule has 2 amide bonds. The van der Waals surface area contributed by atoms with Gasteiger partial charge in [-0.15, -0.1) is 0 Å². The third-order valence-corrected chi connectivity index (χ3v) is 4.81. The number of nitrogens with one attached hydrogen (secondary N) is 2. The molecule has 1 aromatic carbocycles. The number of carbonyl (C=O) groups is 2. The van der Waals surface area contributed by atoms with Gasteiger partial charge in [-0.2, -0.15) is 0 Å². The van der Waals surface area contributed by atoms with E-state index in [0.29, 0.717) is 11.5 Å². The summed E-state index contributed by atoms with van der Waals surface area (Å²) in [6.07, 6.45) is 0.535. The quantitative estimate of drug-likeness (QED) is 0.698. The van der Waals surface area contributed by atoms with Crippen LogP contribution in [0.1, 0.15) is 64.5 Å². The highest BCUT2D eigenvalue weighted by Gasteiger charge is 2.50. The third-order valence-electron chi connectivity index (χ3n) is 4.81. The first kappa shape index (κ1) is 21.7. The highest BCUT2D eigenvalue weighted by atomic mass is 16.6. The van der Waals surface area contributed by atoms with Crippen molar-refractivity contribution in [1.82, 2.24) is 10.6 Å². The van der Waals surface area contributed by atoms with Crippen molar-refractivity contribution >= 4 is 12.2 Å². The van der Waals surface area contributed by atoms with E-state index in [2.05, 4.69) is 10.6 Å². The van der Waals surface area contributed by atoms with Crippen LogP contribution in [0.4, 0.5) is 9.59 Å². The van der Waals surface area contributed by atoms with Gasteiger partial charge >= 0.3 is 12.2 Å². The lowest BCUT2D eigenvalue weighted by Gasteiger charge is -2.24. The fourth-order valence-corrected chi connectivity index (χ4v) is 3.06. The van der Waals surface area contributed by atoms with Crippen molar-refractivity contribution in [3.05, 3.63) is 59.5 Å². The smallest absolute Gasteiger partial charge is 0.408 e. The van der Waals surface area contributed by atoms with E-state index in [-0.39, 0.29) is 6.61 Å². The molecule has 2 aromatic rings. The fraction of sp³-hybridized carbons (Fsp3) is 0.478. The number of rotatable bonds is 6. The summed E-state index contributed by atoms with van der Waals surface area (Å²) in [4.78, 5) is 24.4.